The van der Waals surface area contributed by atoms with E-state index in [1.807, 2.05) is 0 Å². The molecule has 1 aromatic heterocycles. The van der Waals surface area contributed by atoms with Crippen molar-refractivity contribution in [3.8, 4) is 5.75 Å². The largest absolute Gasteiger partial charge is 0.490 e. The van der Waals surface area contributed by atoms with Crippen molar-refractivity contribution in [3.05, 3.63) is 58.0 Å². The van der Waals surface area contributed by atoms with Crippen molar-refractivity contribution in [2.45, 2.75) is 25.1 Å². The molecule has 3 rings (SSSR count). The van der Waals surface area contributed by atoms with Gasteiger partial charge in [-0.2, -0.15) is 13.2 Å². The van der Waals surface area contributed by atoms with E-state index in [-0.39, 0.29) is 29.7 Å². The van der Waals surface area contributed by atoms with Gasteiger partial charge >= 0.3 is 6.18 Å². The Morgan fingerprint density at radius 1 is 1.30 bits per heavy atom. The summed E-state index contributed by atoms with van der Waals surface area (Å²) in [5.74, 6) is -0.876. The minimum atomic E-state index is -4.57. The maximum absolute atomic E-state index is 13.0. The lowest BCUT2D eigenvalue weighted by molar-refractivity contribution is -0.137. The Hall–Kier alpha value is -2.81. The van der Waals surface area contributed by atoms with Crippen LogP contribution in [0.15, 0.2) is 41.3 Å². The number of halogens is 3. The summed E-state index contributed by atoms with van der Waals surface area (Å²) < 4.78 is 49.9. The van der Waals surface area contributed by atoms with E-state index in [0.29, 0.717) is 6.61 Å². The molecule has 1 amide bonds. The lowest BCUT2D eigenvalue weighted by Gasteiger charge is -2.16. The Kier molecular flexibility index (Phi) is 5.50. The van der Waals surface area contributed by atoms with Gasteiger partial charge in [0.1, 0.15) is 12.4 Å². The number of anilines is 1. The summed E-state index contributed by atoms with van der Waals surface area (Å²) in [6, 6.07) is 5.27. The summed E-state index contributed by atoms with van der Waals surface area (Å²) in [5, 5.41) is 2.47. The normalized spacial score (nSPS) is 16.9. The van der Waals surface area contributed by atoms with Crippen molar-refractivity contribution in [1.82, 2.24) is 4.98 Å². The van der Waals surface area contributed by atoms with Crippen molar-refractivity contribution < 1.29 is 27.4 Å². The lowest BCUT2D eigenvalue weighted by atomic mass is 10.1. The molecule has 9 heteroatoms. The van der Waals surface area contributed by atoms with Crippen LogP contribution in [0.3, 0.4) is 0 Å². The highest BCUT2D eigenvalue weighted by molar-refractivity contribution is 6.06. The quantitative estimate of drug-likeness (QED) is 0.832. The molecule has 0 saturated carbocycles. The highest BCUT2D eigenvalue weighted by Gasteiger charge is 2.32. The number of aromatic amines is 1. The van der Waals surface area contributed by atoms with E-state index in [9.17, 15) is 22.8 Å². The summed E-state index contributed by atoms with van der Waals surface area (Å²) >= 11 is 0. The van der Waals surface area contributed by atoms with Gasteiger partial charge in [0.15, 0.2) is 0 Å². The third kappa shape index (κ3) is 4.88. The van der Waals surface area contributed by atoms with E-state index >= 15 is 0 Å². The average molecular weight is 382 g/mol. The van der Waals surface area contributed by atoms with Crippen LogP contribution < -0.4 is 15.6 Å². The van der Waals surface area contributed by atoms with E-state index in [0.717, 1.165) is 37.1 Å². The Bertz CT molecular complexity index is 873. The molecule has 27 heavy (non-hydrogen) atoms. The zero-order valence-corrected chi connectivity index (χ0v) is 14.1. The topological polar surface area (TPSA) is 80.4 Å². The number of H-pyrrole nitrogens is 1. The monoisotopic (exact) mass is 382 g/mol. The predicted molar refractivity (Wildman–Crippen MR) is 90.9 cm³/mol. The van der Waals surface area contributed by atoms with Gasteiger partial charge in [0.05, 0.1) is 17.2 Å². The van der Waals surface area contributed by atoms with E-state index in [2.05, 4.69) is 10.3 Å². The minimum Gasteiger partial charge on any atom is -0.490 e. The minimum absolute atomic E-state index is 0.0482. The fraction of sp³-hybridized carbons (Fsp3) is 0.333. The smallest absolute Gasteiger partial charge is 0.416 e. The van der Waals surface area contributed by atoms with Gasteiger partial charge in [-0.25, -0.2) is 0 Å². The zero-order valence-electron chi connectivity index (χ0n) is 14.1. The summed E-state index contributed by atoms with van der Waals surface area (Å²) in [6.07, 6.45) is -1.84. The highest BCUT2D eigenvalue weighted by Crippen LogP contribution is 2.33. The van der Waals surface area contributed by atoms with Crippen molar-refractivity contribution in [1.29, 1.82) is 0 Å². The molecule has 2 aromatic rings. The molecule has 6 nitrogen and oxygen atoms in total. The zero-order chi connectivity index (χ0) is 19.4. The number of ether oxygens (including phenoxy) is 2. The second-order valence-corrected chi connectivity index (χ2v) is 6.05. The molecule has 2 heterocycles. The van der Waals surface area contributed by atoms with Crippen LogP contribution in [0.4, 0.5) is 18.9 Å². The van der Waals surface area contributed by atoms with Crippen molar-refractivity contribution in [3.63, 3.8) is 0 Å². The fourth-order valence-electron chi connectivity index (χ4n) is 2.68. The number of nitrogens with one attached hydrogen (secondary N) is 2. The Balaban J connectivity index is 1.84. The number of benzene rings is 1. The molecule has 1 fully saturated rings. The van der Waals surface area contributed by atoms with Crippen molar-refractivity contribution in [2.24, 2.45) is 0 Å². The number of carbonyl (C=O) groups excluding carboxylic acids is 1. The molecular weight excluding hydrogens is 365 g/mol. The number of amides is 1. The number of rotatable bonds is 5. The lowest BCUT2D eigenvalue weighted by Crippen LogP contribution is -2.20. The molecule has 0 spiro atoms. The molecule has 0 bridgehead atoms. The Morgan fingerprint density at radius 3 is 2.78 bits per heavy atom. The number of alkyl halides is 3. The number of pyridine rings is 1. The van der Waals surface area contributed by atoms with Gasteiger partial charge in [-0.15, -0.1) is 0 Å². The number of hydrogen-bond acceptors (Lipinski definition) is 4. The molecule has 1 aliphatic rings. The van der Waals surface area contributed by atoms with Crippen molar-refractivity contribution >= 4 is 11.6 Å². The van der Waals surface area contributed by atoms with Crippen molar-refractivity contribution in [2.75, 3.05) is 18.5 Å². The third-order valence-electron chi connectivity index (χ3n) is 4.04. The second-order valence-electron chi connectivity index (χ2n) is 6.05. The predicted octanol–water partition coefficient (Wildman–Crippen LogP) is 3.20. The number of aromatic nitrogens is 1. The van der Waals surface area contributed by atoms with Crippen LogP contribution in [0.2, 0.25) is 0 Å². The second kappa shape index (κ2) is 7.83. The summed E-state index contributed by atoms with van der Waals surface area (Å²) in [7, 11) is 0. The summed E-state index contributed by atoms with van der Waals surface area (Å²) in [6.45, 7) is 0.624. The van der Waals surface area contributed by atoms with Crippen LogP contribution in [0.1, 0.15) is 28.8 Å². The molecule has 1 atom stereocenters. The molecule has 1 saturated heterocycles. The van der Waals surface area contributed by atoms with Crippen LogP contribution in [-0.4, -0.2) is 30.2 Å². The van der Waals surface area contributed by atoms with Gasteiger partial charge in [0.25, 0.3) is 5.91 Å². The Labute approximate surface area is 152 Å². The first-order valence-corrected chi connectivity index (χ1v) is 8.28. The van der Waals surface area contributed by atoms with Gasteiger partial charge in [0.2, 0.25) is 5.56 Å². The molecule has 144 valence electrons. The van der Waals surface area contributed by atoms with Gasteiger partial charge in [0, 0.05) is 24.6 Å². The Morgan fingerprint density at radius 2 is 2.11 bits per heavy atom. The number of hydrogen-bond donors (Lipinski definition) is 2. The van der Waals surface area contributed by atoms with Crippen LogP contribution in [0.25, 0.3) is 0 Å². The molecule has 1 aromatic carbocycles. The number of carbonyl (C=O) groups is 1. The third-order valence-corrected chi connectivity index (χ3v) is 4.04. The fourth-order valence-corrected chi connectivity index (χ4v) is 2.68. The molecular formula is C18H17F3N2O4. The first kappa shape index (κ1) is 19.0. The van der Waals surface area contributed by atoms with E-state index in [1.54, 1.807) is 0 Å². The van der Waals surface area contributed by atoms with Crippen LogP contribution in [0, 0.1) is 0 Å². The van der Waals surface area contributed by atoms with Gasteiger partial charge < -0.3 is 19.8 Å². The van der Waals surface area contributed by atoms with E-state index in [1.165, 1.54) is 12.3 Å². The van der Waals surface area contributed by atoms with Crippen LogP contribution >= 0.6 is 0 Å². The van der Waals surface area contributed by atoms with Gasteiger partial charge in [-0.05, 0) is 37.1 Å². The summed E-state index contributed by atoms with van der Waals surface area (Å²) in [5.41, 5.74) is -1.19. The summed E-state index contributed by atoms with van der Waals surface area (Å²) in [4.78, 5) is 26.2. The first-order chi connectivity index (χ1) is 12.8. The SMILES string of the molecule is O=C(Nc1cc[nH]c(=O)c1)c1ccc(C(F)(F)F)cc1OCC1CCCO1. The maximum atomic E-state index is 13.0. The highest BCUT2D eigenvalue weighted by atomic mass is 19.4. The van der Waals surface area contributed by atoms with Gasteiger partial charge in [-0.3, -0.25) is 9.59 Å². The van der Waals surface area contributed by atoms with Gasteiger partial charge in [-0.1, -0.05) is 0 Å². The molecule has 0 aliphatic carbocycles. The average Bonchev–Trinajstić information content (AvgIpc) is 3.12. The molecule has 1 unspecified atom stereocenters. The first-order valence-electron chi connectivity index (χ1n) is 8.28. The maximum Gasteiger partial charge on any atom is 0.416 e. The van der Waals surface area contributed by atoms with E-state index in [4.69, 9.17) is 9.47 Å². The molecule has 2 N–H and O–H groups in total. The molecule has 1 aliphatic heterocycles. The van der Waals surface area contributed by atoms with Crippen LogP contribution in [0.5, 0.6) is 5.75 Å². The molecule has 0 radical (unpaired) electrons. The van der Waals surface area contributed by atoms with E-state index < -0.39 is 23.2 Å². The standard InChI is InChI=1S/C18H17F3N2O4/c19-18(20,21)11-3-4-14(15(8-11)27-10-13-2-1-7-26-13)17(25)23-12-5-6-22-16(24)9-12/h3-6,8-9,13H,1-2,7,10H2,(H2,22,23,24,25). The van der Waals surface area contributed by atoms with Crippen LogP contribution in [-0.2, 0) is 10.9 Å².